The molecular formula is C9H7Cl2N5O4S. The van der Waals surface area contributed by atoms with E-state index in [4.69, 9.17) is 28.3 Å². The Morgan fingerprint density at radius 3 is 2.52 bits per heavy atom. The molecule has 0 atom stereocenters. The van der Waals surface area contributed by atoms with Gasteiger partial charge < -0.3 is 5.11 Å². The van der Waals surface area contributed by atoms with Gasteiger partial charge in [-0.15, -0.1) is 5.10 Å². The number of hydrogen-bond donors (Lipinski definition) is 2. The maximum atomic E-state index is 12.2. The molecule has 0 fully saturated rings. The molecule has 2 N–H and O–H groups in total. The number of hydrogen-bond acceptors (Lipinski definition) is 6. The van der Waals surface area contributed by atoms with Crippen LogP contribution < -0.4 is 4.72 Å². The number of carbonyl (C=O) groups is 1. The normalized spacial score (nSPS) is 11.4. The SMILES string of the molecule is Cn1nnc(NS(=O)(=O)c2cc(C(=O)O)c(Cl)cc2Cl)n1. The third-order valence-electron chi connectivity index (χ3n) is 2.28. The van der Waals surface area contributed by atoms with E-state index < -0.39 is 26.5 Å². The number of nitrogens with zero attached hydrogens (tertiary/aromatic N) is 4. The van der Waals surface area contributed by atoms with Crippen LogP contribution in [0.2, 0.25) is 10.0 Å². The molecular weight excluding hydrogens is 345 g/mol. The van der Waals surface area contributed by atoms with E-state index in [1.807, 2.05) is 4.72 Å². The summed E-state index contributed by atoms with van der Waals surface area (Å²) in [5.41, 5.74) is -0.395. The average Bonchev–Trinajstić information content (AvgIpc) is 2.72. The predicted molar refractivity (Wildman–Crippen MR) is 73.0 cm³/mol. The van der Waals surface area contributed by atoms with Gasteiger partial charge in [-0.3, -0.25) is 0 Å². The highest BCUT2D eigenvalue weighted by atomic mass is 35.5. The van der Waals surface area contributed by atoms with Crippen LogP contribution in [0, 0.1) is 0 Å². The fourth-order valence-electron chi connectivity index (χ4n) is 1.40. The van der Waals surface area contributed by atoms with E-state index in [9.17, 15) is 13.2 Å². The fraction of sp³-hybridized carbons (Fsp3) is 0.111. The summed E-state index contributed by atoms with van der Waals surface area (Å²) < 4.78 is 26.4. The number of aromatic nitrogens is 4. The minimum absolute atomic E-state index is 0.177. The number of nitrogens with one attached hydrogen (secondary N) is 1. The highest BCUT2D eigenvalue weighted by Crippen LogP contribution is 2.29. The van der Waals surface area contributed by atoms with Crippen molar-refractivity contribution < 1.29 is 18.3 Å². The number of aromatic carboxylic acids is 1. The van der Waals surface area contributed by atoms with Crippen LogP contribution in [-0.2, 0) is 17.1 Å². The van der Waals surface area contributed by atoms with Gasteiger partial charge in [0.15, 0.2) is 0 Å². The first-order valence-electron chi connectivity index (χ1n) is 5.20. The van der Waals surface area contributed by atoms with E-state index in [-0.39, 0.29) is 16.0 Å². The van der Waals surface area contributed by atoms with E-state index in [0.29, 0.717) is 0 Å². The van der Waals surface area contributed by atoms with Crippen LogP contribution in [0.4, 0.5) is 5.95 Å². The van der Waals surface area contributed by atoms with Crippen molar-refractivity contribution in [1.29, 1.82) is 0 Å². The second kappa shape index (κ2) is 5.47. The Hall–Kier alpha value is -1.91. The summed E-state index contributed by atoms with van der Waals surface area (Å²) in [6, 6.07) is 1.89. The van der Waals surface area contributed by atoms with Crippen molar-refractivity contribution in [2.24, 2.45) is 7.05 Å². The highest BCUT2D eigenvalue weighted by Gasteiger charge is 2.23. The Labute approximate surface area is 128 Å². The largest absolute Gasteiger partial charge is 0.478 e. The fourth-order valence-corrected chi connectivity index (χ4v) is 3.19. The van der Waals surface area contributed by atoms with E-state index in [1.165, 1.54) is 7.05 Å². The van der Waals surface area contributed by atoms with Gasteiger partial charge in [0.1, 0.15) is 4.90 Å². The van der Waals surface area contributed by atoms with Crippen molar-refractivity contribution in [1.82, 2.24) is 20.2 Å². The van der Waals surface area contributed by atoms with Crippen LogP contribution in [0.5, 0.6) is 0 Å². The maximum absolute atomic E-state index is 12.2. The number of carboxylic acids is 1. The predicted octanol–water partition coefficient (Wildman–Crippen LogP) is 1.02. The van der Waals surface area contributed by atoms with Gasteiger partial charge in [-0.2, -0.15) is 4.80 Å². The molecule has 0 saturated heterocycles. The third kappa shape index (κ3) is 3.23. The molecule has 2 aromatic rings. The molecule has 12 heteroatoms. The van der Waals surface area contributed by atoms with Crippen LogP contribution in [0.1, 0.15) is 10.4 Å². The topological polar surface area (TPSA) is 127 Å². The summed E-state index contributed by atoms with van der Waals surface area (Å²) >= 11 is 11.5. The van der Waals surface area contributed by atoms with E-state index in [2.05, 4.69) is 15.4 Å². The Morgan fingerprint density at radius 2 is 2.00 bits per heavy atom. The lowest BCUT2D eigenvalue weighted by Crippen LogP contribution is -2.15. The lowest BCUT2D eigenvalue weighted by atomic mass is 10.2. The summed E-state index contributed by atoms with van der Waals surface area (Å²) in [6.45, 7) is 0. The van der Waals surface area contributed by atoms with E-state index in [1.54, 1.807) is 0 Å². The minimum Gasteiger partial charge on any atom is -0.478 e. The molecule has 1 heterocycles. The molecule has 0 bridgehead atoms. The van der Waals surface area contributed by atoms with Gasteiger partial charge in [-0.1, -0.05) is 28.3 Å². The summed E-state index contributed by atoms with van der Waals surface area (Å²) in [6.07, 6.45) is 0. The van der Waals surface area contributed by atoms with Crippen molar-refractivity contribution in [2.45, 2.75) is 4.90 Å². The molecule has 0 aliphatic heterocycles. The molecule has 1 aromatic carbocycles. The van der Waals surface area contributed by atoms with Crippen molar-refractivity contribution in [3.05, 3.63) is 27.7 Å². The molecule has 112 valence electrons. The van der Waals surface area contributed by atoms with Gasteiger partial charge in [0.2, 0.25) is 0 Å². The summed E-state index contributed by atoms with van der Waals surface area (Å²) in [4.78, 5) is 11.6. The number of aryl methyl sites for hydroxylation is 1. The second-order valence-corrected chi connectivity index (χ2v) is 6.24. The Kier molecular flexibility index (Phi) is 4.03. The number of benzene rings is 1. The number of tetrazole rings is 1. The monoisotopic (exact) mass is 351 g/mol. The molecule has 0 aliphatic rings. The Bertz CT molecular complexity index is 820. The van der Waals surface area contributed by atoms with Crippen LogP contribution in [0.3, 0.4) is 0 Å². The number of halogens is 2. The zero-order valence-electron chi connectivity index (χ0n) is 10.3. The van der Waals surface area contributed by atoms with Gasteiger partial charge >= 0.3 is 5.97 Å². The van der Waals surface area contributed by atoms with Gasteiger partial charge in [0, 0.05) is 0 Å². The van der Waals surface area contributed by atoms with E-state index in [0.717, 1.165) is 16.9 Å². The lowest BCUT2D eigenvalue weighted by molar-refractivity contribution is 0.0697. The lowest BCUT2D eigenvalue weighted by Gasteiger charge is -2.08. The quantitative estimate of drug-likeness (QED) is 0.841. The number of rotatable bonds is 4. The van der Waals surface area contributed by atoms with Gasteiger partial charge in [-0.05, 0) is 17.3 Å². The zero-order valence-corrected chi connectivity index (χ0v) is 12.6. The maximum Gasteiger partial charge on any atom is 0.337 e. The van der Waals surface area contributed by atoms with Crippen LogP contribution >= 0.6 is 23.2 Å². The smallest absolute Gasteiger partial charge is 0.337 e. The van der Waals surface area contributed by atoms with Gasteiger partial charge in [-0.25, -0.2) is 17.9 Å². The summed E-state index contributed by atoms with van der Waals surface area (Å²) in [5, 5.41) is 19.1. The first-order chi connectivity index (χ1) is 9.70. The molecule has 21 heavy (non-hydrogen) atoms. The molecule has 2 rings (SSSR count). The third-order valence-corrected chi connectivity index (χ3v) is 4.38. The average molecular weight is 352 g/mol. The molecule has 0 amide bonds. The number of carboxylic acid groups (broad SMARTS) is 1. The molecule has 0 unspecified atom stereocenters. The zero-order chi connectivity index (χ0) is 15.8. The number of anilines is 1. The van der Waals surface area contributed by atoms with Crippen LogP contribution in [0.25, 0.3) is 0 Å². The minimum atomic E-state index is -4.19. The van der Waals surface area contributed by atoms with Crippen molar-refractivity contribution in [2.75, 3.05) is 4.72 Å². The van der Waals surface area contributed by atoms with Crippen LogP contribution in [-0.4, -0.2) is 39.7 Å². The molecule has 0 aliphatic carbocycles. The van der Waals surface area contributed by atoms with Gasteiger partial charge in [0.25, 0.3) is 16.0 Å². The van der Waals surface area contributed by atoms with Crippen LogP contribution in [0.15, 0.2) is 17.0 Å². The first kappa shape index (κ1) is 15.5. The Balaban J connectivity index is 2.49. The molecule has 1 aromatic heterocycles. The summed E-state index contributed by atoms with van der Waals surface area (Å²) in [5.74, 6) is -1.66. The highest BCUT2D eigenvalue weighted by molar-refractivity contribution is 7.92. The first-order valence-corrected chi connectivity index (χ1v) is 7.44. The van der Waals surface area contributed by atoms with Crippen molar-refractivity contribution >= 4 is 45.1 Å². The van der Waals surface area contributed by atoms with Gasteiger partial charge in [0.05, 0.1) is 22.7 Å². The number of sulfonamides is 1. The molecule has 0 radical (unpaired) electrons. The van der Waals surface area contributed by atoms with E-state index >= 15 is 0 Å². The molecule has 0 saturated carbocycles. The molecule has 0 spiro atoms. The molecule has 9 nitrogen and oxygen atoms in total. The van der Waals surface area contributed by atoms with Crippen molar-refractivity contribution in [3.63, 3.8) is 0 Å². The summed E-state index contributed by atoms with van der Waals surface area (Å²) in [7, 11) is -2.74. The standard InChI is InChI=1S/C9H7Cl2N5O4S/c1-16-13-9(12-15-16)14-21(19,20)7-2-4(8(17)18)5(10)3-6(7)11/h2-3H,1H3,(H,13,14)(H,17,18). The van der Waals surface area contributed by atoms with Crippen molar-refractivity contribution in [3.8, 4) is 0 Å². The second-order valence-electron chi connectivity index (χ2n) is 3.78. The Morgan fingerprint density at radius 1 is 1.33 bits per heavy atom.